The summed E-state index contributed by atoms with van der Waals surface area (Å²) in [6.45, 7) is 0. The Kier molecular flexibility index (Phi) is 2.13. The third kappa shape index (κ3) is 1.78. The van der Waals surface area contributed by atoms with Gasteiger partial charge in [0.15, 0.2) is 0 Å². The van der Waals surface area contributed by atoms with E-state index in [0.29, 0.717) is 0 Å². The molecule has 1 nitrogen and oxygen atoms in total. The van der Waals surface area contributed by atoms with E-state index >= 15 is 0 Å². The molecule has 56 valence electrons. The molecule has 0 aromatic carbocycles. The van der Waals surface area contributed by atoms with Gasteiger partial charge in [0.1, 0.15) is 0 Å². The van der Waals surface area contributed by atoms with Gasteiger partial charge in [0.25, 0.3) is 0 Å². The first-order valence-electron chi connectivity index (χ1n) is 3.62. The summed E-state index contributed by atoms with van der Waals surface area (Å²) in [4.78, 5) is 7.30. The molecule has 0 aliphatic rings. The van der Waals surface area contributed by atoms with Crippen molar-refractivity contribution in [2.75, 3.05) is 0 Å². The molecule has 1 rings (SSSR count). The molecule has 0 spiro atoms. The van der Waals surface area contributed by atoms with Crippen molar-refractivity contribution in [2.45, 2.75) is 14.8 Å². The molecule has 1 aromatic rings. The Labute approximate surface area is 66.9 Å². The van der Waals surface area contributed by atoms with Crippen molar-refractivity contribution < 1.29 is 0 Å². The molecule has 0 amide bonds. The zero-order chi connectivity index (χ0) is 7.78. The van der Waals surface area contributed by atoms with E-state index in [0.717, 1.165) is 0 Å². The summed E-state index contributed by atoms with van der Waals surface area (Å²) < 4.78 is 3.74. The van der Waals surface area contributed by atoms with Crippen molar-refractivity contribution in [3.8, 4) is 0 Å². The van der Waals surface area contributed by atoms with Crippen LogP contribution in [0.25, 0.3) is 0 Å². The third-order valence-electron chi connectivity index (χ3n) is 1.70. The molecule has 0 saturated heterocycles. The zero-order valence-electron chi connectivity index (χ0n) is 7.18. The van der Waals surface area contributed by atoms with Crippen LogP contribution in [-0.4, -0.2) is 22.9 Å². The molecule has 0 atom stereocenters. The Morgan fingerprint density at radius 2 is 1.90 bits per heavy atom. The fraction of sp³-hybridized carbons (Fsp3) is 0.500. The van der Waals surface area contributed by atoms with Gasteiger partial charge in [-0.25, -0.2) is 0 Å². The molecular weight excluding hydrogens is 229 g/mol. The number of aromatic nitrogens is 1. The summed E-state index contributed by atoms with van der Waals surface area (Å²) in [6.07, 6.45) is 4.40. The Bertz CT molecular complexity index is 219. The molecule has 0 saturated carbocycles. The van der Waals surface area contributed by atoms with E-state index in [1.807, 2.05) is 0 Å². The van der Waals surface area contributed by atoms with E-state index in [9.17, 15) is 0 Å². The van der Waals surface area contributed by atoms with Gasteiger partial charge in [-0.3, -0.25) is 0 Å². The number of aryl methyl sites for hydroxylation is 1. The fourth-order valence-corrected chi connectivity index (χ4v) is 4.27. The fourth-order valence-electron chi connectivity index (χ4n) is 0.947. The summed E-state index contributed by atoms with van der Waals surface area (Å²) in [6, 6.07) is 2.26. The van der Waals surface area contributed by atoms with E-state index in [-0.39, 0.29) is 0 Å². The van der Waals surface area contributed by atoms with Crippen LogP contribution in [0.4, 0.5) is 0 Å². The van der Waals surface area contributed by atoms with Gasteiger partial charge in [0.2, 0.25) is 0 Å². The maximum atomic E-state index is 2.43. The van der Waals surface area contributed by atoms with Gasteiger partial charge in [-0.1, -0.05) is 0 Å². The number of rotatable bonds is 1. The Balaban J connectivity index is 2.96. The minimum absolute atomic E-state index is 1.61. The van der Waals surface area contributed by atoms with Crippen molar-refractivity contribution in [1.29, 1.82) is 0 Å². The van der Waals surface area contributed by atoms with Crippen LogP contribution in [0, 0.1) is 0 Å². The molecule has 10 heavy (non-hydrogen) atoms. The average molecular weight is 244 g/mol. The number of hydrogen-bond donors (Lipinski definition) is 0. The SMILES string of the molecule is Cn1cc[c]([Sn]([CH3])([CH3])[CH3])c1. The van der Waals surface area contributed by atoms with Crippen LogP contribution < -0.4 is 3.58 Å². The predicted molar refractivity (Wildman–Crippen MR) is 48.4 cm³/mol. The van der Waals surface area contributed by atoms with Crippen LogP contribution in [0.15, 0.2) is 18.5 Å². The first-order valence-corrected chi connectivity index (χ1v) is 13.6. The molecule has 0 N–H and O–H groups in total. The van der Waals surface area contributed by atoms with E-state index in [2.05, 4.69) is 44.9 Å². The van der Waals surface area contributed by atoms with Crippen molar-refractivity contribution in [3.63, 3.8) is 0 Å². The molecule has 1 aromatic heterocycles. The number of nitrogens with zero attached hydrogens (tertiary/aromatic N) is 1. The van der Waals surface area contributed by atoms with E-state index in [1.165, 1.54) is 0 Å². The summed E-state index contributed by atoms with van der Waals surface area (Å²) in [7, 11) is 2.08. The predicted octanol–water partition coefficient (Wildman–Crippen LogP) is 1.57. The first-order chi connectivity index (χ1) is 4.50. The molecule has 0 fully saturated rings. The second-order valence-electron chi connectivity index (χ2n) is 3.82. The van der Waals surface area contributed by atoms with Gasteiger partial charge < -0.3 is 0 Å². The van der Waals surface area contributed by atoms with Crippen molar-refractivity contribution in [2.24, 2.45) is 7.05 Å². The molecular formula is C8H15NSn. The molecule has 0 aliphatic heterocycles. The maximum absolute atomic E-state index is 2.43. The van der Waals surface area contributed by atoms with Gasteiger partial charge in [-0.2, -0.15) is 0 Å². The Morgan fingerprint density at radius 1 is 1.30 bits per heavy atom. The molecule has 2 heteroatoms. The normalized spacial score (nSPS) is 12.0. The van der Waals surface area contributed by atoms with Crippen LogP contribution in [0.1, 0.15) is 0 Å². The number of hydrogen-bond acceptors (Lipinski definition) is 0. The average Bonchev–Trinajstić information content (AvgIpc) is 2.11. The minimum atomic E-state index is -1.71. The summed E-state index contributed by atoms with van der Waals surface area (Å²) in [5.74, 6) is 0. The van der Waals surface area contributed by atoms with E-state index in [4.69, 9.17) is 0 Å². The van der Waals surface area contributed by atoms with Crippen LogP contribution >= 0.6 is 0 Å². The Hall–Kier alpha value is 0.0787. The molecule has 1 heterocycles. The first kappa shape index (κ1) is 8.18. The van der Waals surface area contributed by atoms with Crippen molar-refractivity contribution in [3.05, 3.63) is 18.5 Å². The van der Waals surface area contributed by atoms with E-state index in [1.54, 1.807) is 3.58 Å². The van der Waals surface area contributed by atoms with Gasteiger partial charge in [0.05, 0.1) is 0 Å². The van der Waals surface area contributed by atoms with Crippen LogP contribution in [0.3, 0.4) is 0 Å². The molecule has 0 radical (unpaired) electrons. The van der Waals surface area contributed by atoms with Crippen molar-refractivity contribution >= 4 is 22.0 Å². The topological polar surface area (TPSA) is 4.93 Å². The van der Waals surface area contributed by atoms with Crippen molar-refractivity contribution in [1.82, 2.24) is 4.57 Å². The van der Waals surface area contributed by atoms with Gasteiger partial charge in [-0.15, -0.1) is 0 Å². The van der Waals surface area contributed by atoms with Crippen LogP contribution in [0.5, 0.6) is 0 Å². The van der Waals surface area contributed by atoms with E-state index < -0.39 is 18.4 Å². The quantitative estimate of drug-likeness (QED) is 0.660. The monoisotopic (exact) mass is 245 g/mol. The Morgan fingerprint density at radius 3 is 2.10 bits per heavy atom. The van der Waals surface area contributed by atoms with Gasteiger partial charge >= 0.3 is 66.9 Å². The standard InChI is InChI=1S/C5H6N.3CH3.Sn/c1-6-4-2-3-5-6;;;;/h2,4-5H,1H3;3*1H3;. The zero-order valence-corrected chi connectivity index (χ0v) is 10.0. The van der Waals surface area contributed by atoms with Gasteiger partial charge in [0, 0.05) is 0 Å². The molecule has 0 unspecified atom stereocenters. The summed E-state index contributed by atoms with van der Waals surface area (Å²) >= 11 is -1.71. The third-order valence-corrected chi connectivity index (χ3v) is 7.49. The summed E-state index contributed by atoms with van der Waals surface area (Å²) in [5.41, 5.74) is 0. The van der Waals surface area contributed by atoms with Crippen LogP contribution in [-0.2, 0) is 7.05 Å². The molecule has 0 bridgehead atoms. The second-order valence-corrected chi connectivity index (χ2v) is 18.3. The van der Waals surface area contributed by atoms with Crippen LogP contribution in [0.2, 0.25) is 14.8 Å². The molecule has 0 aliphatic carbocycles. The second kappa shape index (κ2) is 2.61. The van der Waals surface area contributed by atoms with Gasteiger partial charge in [-0.05, 0) is 0 Å². The summed E-state index contributed by atoms with van der Waals surface area (Å²) in [5, 5.41) is 0.